The van der Waals surface area contributed by atoms with E-state index in [2.05, 4.69) is 5.32 Å². The standard InChI is InChI=1S/C19H34N2O8S/c1-26-8-9-28-12-13-29-11-10-27-7-4-20-17(23)3-5-21-18(24)15-16(19(21)25)30-14-2-6-22/h15,22,24-25H,2-14H2,1H3,(H,20,23). The van der Waals surface area contributed by atoms with Crippen LogP contribution in [0.3, 0.4) is 0 Å². The Bertz CT molecular complexity index is 585. The van der Waals surface area contributed by atoms with E-state index in [9.17, 15) is 15.0 Å². The van der Waals surface area contributed by atoms with E-state index in [0.29, 0.717) is 69.9 Å². The lowest BCUT2D eigenvalue weighted by molar-refractivity contribution is -0.121. The fourth-order valence-electron chi connectivity index (χ4n) is 2.32. The fraction of sp³-hybridized carbons (Fsp3) is 0.737. The van der Waals surface area contributed by atoms with Gasteiger partial charge in [0.25, 0.3) is 0 Å². The molecule has 0 bridgehead atoms. The van der Waals surface area contributed by atoms with Crippen LogP contribution >= 0.6 is 11.8 Å². The van der Waals surface area contributed by atoms with Crippen molar-refractivity contribution in [3.05, 3.63) is 6.07 Å². The van der Waals surface area contributed by atoms with Crippen LogP contribution in [-0.2, 0) is 30.3 Å². The SMILES string of the molecule is COCCOCCOCCOCCNC(=O)CCn1c(O)cc(SCCCO)c1O. The predicted molar refractivity (Wildman–Crippen MR) is 112 cm³/mol. The first-order valence-corrected chi connectivity index (χ1v) is 10.9. The molecular formula is C19H34N2O8S. The number of aliphatic hydroxyl groups is 1. The summed E-state index contributed by atoms with van der Waals surface area (Å²) in [5, 5.41) is 31.6. The van der Waals surface area contributed by atoms with E-state index in [1.165, 1.54) is 22.4 Å². The molecule has 1 aromatic heterocycles. The van der Waals surface area contributed by atoms with Gasteiger partial charge >= 0.3 is 0 Å². The highest BCUT2D eigenvalue weighted by molar-refractivity contribution is 7.99. The number of carbonyl (C=O) groups excluding carboxylic acids is 1. The first-order valence-electron chi connectivity index (χ1n) is 9.94. The molecule has 30 heavy (non-hydrogen) atoms. The number of aromatic hydroxyl groups is 2. The molecule has 1 heterocycles. The van der Waals surface area contributed by atoms with E-state index < -0.39 is 0 Å². The van der Waals surface area contributed by atoms with Crippen molar-refractivity contribution in [2.75, 3.05) is 72.3 Å². The minimum absolute atomic E-state index is 0.0711. The molecule has 0 saturated carbocycles. The average molecular weight is 451 g/mol. The monoisotopic (exact) mass is 450 g/mol. The molecule has 1 aromatic rings. The molecule has 1 rings (SSSR count). The number of amides is 1. The number of methoxy groups -OCH3 is 1. The molecule has 4 N–H and O–H groups in total. The van der Waals surface area contributed by atoms with Gasteiger partial charge in [0.15, 0.2) is 5.88 Å². The van der Waals surface area contributed by atoms with E-state index in [-0.39, 0.29) is 37.2 Å². The van der Waals surface area contributed by atoms with Crippen LogP contribution in [0.5, 0.6) is 11.8 Å². The van der Waals surface area contributed by atoms with Gasteiger partial charge in [0.1, 0.15) is 0 Å². The van der Waals surface area contributed by atoms with Crippen LogP contribution in [0.4, 0.5) is 0 Å². The summed E-state index contributed by atoms with van der Waals surface area (Å²) in [5.41, 5.74) is 0. The number of nitrogens with zero attached hydrogens (tertiary/aromatic N) is 1. The normalized spacial score (nSPS) is 11.1. The van der Waals surface area contributed by atoms with Gasteiger partial charge in [-0.1, -0.05) is 0 Å². The molecule has 0 aliphatic rings. The van der Waals surface area contributed by atoms with Crippen molar-refractivity contribution >= 4 is 17.7 Å². The second-order valence-corrected chi connectivity index (χ2v) is 7.33. The zero-order chi connectivity index (χ0) is 22.0. The lowest BCUT2D eigenvalue weighted by Crippen LogP contribution is -2.28. The van der Waals surface area contributed by atoms with E-state index >= 15 is 0 Å². The Morgan fingerprint density at radius 2 is 1.70 bits per heavy atom. The number of hydrogen-bond acceptors (Lipinski definition) is 9. The number of nitrogens with one attached hydrogen (secondary N) is 1. The Balaban J connectivity index is 2.06. The molecular weight excluding hydrogens is 416 g/mol. The summed E-state index contributed by atoms with van der Waals surface area (Å²) in [5.74, 6) is 0.251. The van der Waals surface area contributed by atoms with Gasteiger partial charge in [-0.2, -0.15) is 0 Å². The molecule has 0 saturated heterocycles. The molecule has 0 unspecified atom stereocenters. The summed E-state index contributed by atoms with van der Waals surface area (Å²) in [6.07, 6.45) is 0.707. The predicted octanol–water partition coefficient (Wildman–Crippen LogP) is 0.576. The molecule has 1 amide bonds. The van der Waals surface area contributed by atoms with Crippen molar-refractivity contribution in [3.63, 3.8) is 0 Å². The average Bonchev–Trinajstić information content (AvgIpc) is 3.00. The zero-order valence-corrected chi connectivity index (χ0v) is 18.3. The molecule has 0 spiro atoms. The second-order valence-electron chi connectivity index (χ2n) is 6.20. The highest BCUT2D eigenvalue weighted by Crippen LogP contribution is 2.35. The Labute approximate surface area is 181 Å². The minimum Gasteiger partial charge on any atom is -0.494 e. The number of aromatic nitrogens is 1. The van der Waals surface area contributed by atoms with Gasteiger partial charge < -0.3 is 39.6 Å². The first kappa shape index (κ1) is 26.5. The van der Waals surface area contributed by atoms with Crippen LogP contribution in [0.2, 0.25) is 0 Å². The largest absolute Gasteiger partial charge is 0.494 e. The summed E-state index contributed by atoms with van der Waals surface area (Å²) >= 11 is 1.34. The van der Waals surface area contributed by atoms with Crippen LogP contribution in [-0.4, -0.2) is 98.1 Å². The maximum atomic E-state index is 11.9. The second kappa shape index (κ2) is 17.2. The van der Waals surface area contributed by atoms with Gasteiger partial charge in [-0.05, 0) is 6.42 Å². The Hall–Kier alpha value is -1.50. The Kier molecular flexibility index (Phi) is 15.2. The fourth-order valence-corrected chi connectivity index (χ4v) is 3.24. The number of thioether (sulfide) groups is 1. The van der Waals surface area contributed by atoms with Gasteiger partial charge in [-0.3, -0.25) is 9.36 Å². The number of carbonyl (C=O) groups is 1. The molecule has 0 fully saturated rings. The molecule has 0 aromatic carbocycles. The van der Waals surface area contributed by atoms with Crippen molar-refractivity contribution < 1.29 is 39.1 Å². The topological polar surface area (TPSA) is 132 Å². The van der Waals surface area contributed by atoms with E-state index in [1.54, 1.807) is 7.11 Å². The highest BCUT2D eigenvalue weighted by atomic mass is 32.2. The molecule has 0 aliphatic carbocycles. The Morgan fingerprint density at radius 1 is 1.07 bits per heavy atom. The summed E-state index contributed by atoms with van der Waals surface area (Å²) in [4.78, 5) is 12.4. The van der Waals surface area contributed by atoms with Crippen molar-refractivity contribution in [2.45, 2.75) is 24.3 Å². The van der Waals surface area contributed by atoms with Gasteiger partial charge in [-0.15, -0.1) is 11.8 Å². The minimum atomic E-state index is -0.204. The number of rotatable bonds is 19. The van der Waals surface area contributed by atoms with Gasteiger partial charge in [0.2, 0.25) is 11.8 Å². The Morgan fingerprint density at radius 3 is 2.33 bits per heavy atom. The zero-order valence-electron chi connectivity index (χ0n) is 17.5. The maximum Gasteiger partial charge on any atom is 0.221 e. The van der Waals surface area contributed by atoms with Crippen molar-refractivity contribution in [2.24, 2.45) is 0 Å². The summed E-state index contributed by atoms with van der Waals surface area (Å²) in [7, 11) is 1.62. The van der Waals surface area contributed by atoms with E-state index in [4.69, 9.17) is 24.1 Å². The smallest absolute Gasteiger partial charge is 0.221 e. The number of hydrogen-bond donors (Lipinski definition) is 4. The van der Waals surface area contributed by atoms with Crippen LogP contribution in [0.25, 0.3) is 0 Å². The van der Waals surface area contributed by atoms with Crippen LogP contribution in [0.1, 0.15) is 12.8 Å². The van der Waals surface area contributed by atoms with Crippen LogP contribution in [0, 0.1) is 0 Å². The van der Waals surface area contributed by atoms with E-state index in [1.807, 2.05) is 0 Å². The molecule has 10 nitrogen and oxygen atoms in total. The summed E-state index contributed by atoms with van der Waals surface area (Å²) in [6.45, 7) is 3.95. The maximum absolute atomic E-state index is 11.9. The van der Waals surface area contributed by atoms with Crippen LogP contribution < -0.4 is 5.32 Å². The quantitative estimate of drug-likeness (QED) is 0.176. The summed E-state index contributed by atoms with van der Waals surface area (Å²) in [6, 6.07) is 1.46. The van der Waals surface area contributed by atoms with Crippen molar-refractivity contribution in [1.82, 2.24) is 9.88 Å². The lowest BCUT2D eigenvalue weighted by atomic mass is 10.4. The molecule has 0 atom stereocenters. The third-order valence-corrected chi connectivity index (χ3v) is 4.98. The van der Waals surface area contributed by atoms with Crippen molar-refractivity contribution in [3.8, 4) is 11.8 Å². The van der Waals surface area contributed by atoms with Gasteiger partial charge in [0.05, 0.1) is 51.1 Å². The molecule has 0 aliphatic heterocycles. The highest BCUT2D eigenvalue weighted by Gasteiger charge is 2.15. The first-order chi connectivity index (χ1) is 14.6. The molecule has 11 heteroatoms. The molecule has 0 radical (unpaired) electrons. The third-order valence-electron chi connectivity index (χ3n) is 3.88. The molecule has 174 valence electrons. The van der Waals surface area contributed by atoms with Gasteiger partial charge in [-0.25, -0.2) is 0 Å². The number of aliphatic hydroxyl groups excluding tert-OH is 1. The van der Waals surface area contributed by atoms with Crippen LogP contribution in [0.15, 0.2) is 11.0 Å². The third kappa shape index (κ3) is 11.6. The van der Waals surface area contributed by atoms with E-state index in [0.717, 1.165) is 0 Å². The lowest BCUT2D eigenvalue weighted by Gasteiger charge is -2.09. The summed E-state index contributed by atoms with van der Waals surface area (Å²) < 4.78 is 22.1. The van der Waals surface area contributed by atoms with Gasteiger partial charge in [0, 0.05) is 45.0 Å². The number of ether oxygens (including phenoxy) is 4. The van der Waals surface area contributed by atoms with Crippen molar-refractivity contribution in [1.29, 1.82) is 0 Å².